The molecule has 1 aromatic rings. The van der Waals surface area contributed by atoms with Gasteiger partial charge < -0.3 is 4.74 Å². The van der Waals surface area contributed by atoms with Gasteiger partial charge in [0, 0.05) is 11.3 Å². The maximum absolute atomic E-state index is 12.3. The average molecular weight is 250 g/mol. The second-order valence-corrected chi connectivity index (χ2v) is 5.00. The van der Waals surface area contributed by atoms with Crippen molar-refractivity contribution in [1.29, 1.82) is 0 Å². The third-order valence-electron chi connectivity index (χ3n) is 2.31. The highest BCUT2D eigenvalue weighted by atomic mass is 32.2. The molecule has 2 atom stereocenters. The van der Waals surface area contributed by atoms with Gasteiger partial charge in [0.1, 0.15) is 5.44 Å². The summed E-state index contributed by atoms with van der Waals surface area (Å²) in [5.74, 6) is 0. The van der Waals surface area contributed by atoms with E-state index in [-0.39, 0.29) is 5.44 Å². The molecule has 0 aliphatic carbocycles. The van der Waals surface area contributed by atoms with Crippen molar-refractivity contribution in [3.63, 3.8) is 0 Å². The highest BCUT2D eigenvalue weighted by Crippen LogP contribution is 2.30. The molecule has 1 heterocycles. The van der Waals surface area contributed by atoms with E-state index in [1.807, 2.05) is 0 Å². The summed E-state index contributed by atoms with van der Waals surface area (Å²) in [6, 6.07) is 4.35. The summed E-state index contributed by atoms with van der Waals surface area (Å²) in [6.45, 7) is 0.567. The Kier molecular flexibility index (Phi) is 3.03. The van der Waals surface area contributed by atoms with E-state index in [4.69, 9.17) is 4.74 Å². The van der Waals surface area contributed by atoms with Crippen molar-refractivity contribution in [3.8, 4) is 0 Å². The third kappa shape index (κ3) is 2.27. The molecule has 2 unspecified atom stereocenters. The summed E-state index contributed by atoms with van der Waals surface area (Å²) in [7, 11) is -1.37. The van der Waals surface area contributed by atoms with Crippen LogP contribution in [0.15, 0.2) is 29.2 Å². The minimum Gasteiger partial charge on any atom is -0.364 e. The third-order valence-corrected chi connectivity index (χ3v) is 3.90. The second-order valence-electron chi connectivity index (χ2n) is 3.41. The highest BCUT2D eigenvalue weighted by Gasteiger charge is 2.31. The SMILES string of the molecule is O=S(c1ccc(C(F)(F)F)cc1)C1CCO1. The Morgan fingerprint density at radius 1 is 1.25 bits per heavy atom. The van der Waals surface area contributed by atoms with Crippen LogP contribution in [-0.4, -0.2) is 16.3 Å². The summed E-state index contributed by atoms with van der Waals surface area (Å²) in [5.41, 5.74) is -1.10. The summed E-state index contributed by atoms with van der Waals surface area (Å²) in [6.07, 6.45) is -3.67. The van der Waals surface area contributed by atoms with Crippen molar-refractivity contribution in [3.05, 3.63) is 29.8 Å². The fraction of sp³-hybridized carbons (Fsp3) is 0.400. The fourth-order valence-electron chi connectivity index (χ4n) is 1.31. The van der Waals surface area contributed by atoms with Crippen molar-refractivity contribution in [2.75, 3.05) is 6.61 Å². The van der Waals surface area contributed by atoms with E-state index < -0.39 is 22.5 Å². The molecule has 0 saturated carbocycles. The minimum atomic E-state index is -4.35. The molecule has 1 aromatic carbocycles. The first-order valence-electron chi connectivity index (χ1n) is 4.68. The standard InChI is InChI=1S/C10H9F3O2S/c11-10(12,13)7-1-3-8(4-2-7)16(14)9-5-6-15-9/h1-4,9H,5-6H2. The molecular weight excluding hydrogens is 241 g/mol. The lowest BCUT2D eigenvalue weighted by Crippen LogP contribution is -2.31. The molecule has 0 bridgehead atoms. The van der Waals surface area contributed by atoms with E-state index in [0.29, 0.717) is 17.9 Å². The van der Waals surface area contributed by atoms with Gasteiger partial charge in [-0.15, -0.1) is 0 Å². The molecule has 1 fully saturated rings. The molecule has 6 heteroatoms. The first-order chi connectivity index (χ1) is 7.48. The molecule has 2 nitrogen and oxygen atoms in total. The van der Waals surface area contributed by atoms with E-state index in [2.05, 4.69) is 0 Å². The van der Waals surface area contributed by atoms with Crippen LogP contribution in [0.4, 0.5) is 13.2 Å². The zero-order chi connectivity index (χ0) is 11.8. The van der Waals surface area contributed by atoms with Gasteiger partial charge in [-0.25, -0.2) is 0 Å². The fourth-order valence-corrected chi connectivity index (χ4v) is 2.55. The minimum absolute atomic E-state index is 0.364. The van der Waals surface area contributed by atoms with Crippen LogP contribution in [0.1, 0.15) is 12.0 Å². The predicted molar refractivity (Wildman–Crippen MR) is 52.2 cm³/mol. The van der Waals surface area contributed by atoms with Gasteiger partial charge in [0.25, 0.3) is 0 Å². The summed E-state index contributed by atoms with van der Waals surface area (Å²) in [5, 5.41) is 0. The molecule has 0 aromatic heterocycles. The Labute approximate surface area is 92.9 Å². The van der Waals surface area contributed by atoms with Crippen LogP contribution in [-0.2, 0) is 21.7 Å². The second kappa shape index (κ2) is 4.18. The van der Waals surface area contributed by atoms with E-state index >= 15 is 0 Å². The number of benzene rings is 1. The molecule has 0 N–H and O–H groups in total. The van der Waals surface area contributed by atoms with Gasteiger partial charge in [0.2, 0.25) is 0 Å². The van der Waals surface area contributed by atoms with Crippen LogP contribution >= 0.6 is 0 Å². The van der Waals surface area contributed by atoms with Crippen molar-refractivity contribution in [1.82, 2.24) is 0 Å². The summed E-state index contributed by atoms with van der Waals surface area (Å²) in [4.78, 5) is 0.373. The Morgan fingerprint density at radius 2 is 1.81 bits per heavy atom. The number of alkyl halides is 3. The Hall–Kier alpha value is -0.880. The maximum atomic E-state index is 12.3. The van der Waals surface area contributed by atoms with Crippen molar-refractivity contribution < 1.29 is 22.1 Å². The van der Waals surface area contributed by atoms with Crippen LogP contribution in [0.25, 0.3) is 0 Å². The van der Waals surface area contributed by atoms with E-state index in [9.17, 15) is 17.4 Å². The van der Waals surface area contributed by atoms with Crippen molar-refractivity contribution >= 4 is 10.8 Å². The number of ether oxygens (including phenoxy) is 1. The normalized spacial score (nSPS) is 22.6. The lowest BCUT2D eigenvalue weighted by Gasteiger charge is -2.25. The molecule has 1 saturated heterocycles. The zero-order valence-corrected chi connectivity index (χ0v) is 8.98. The molecule has 2 rings (SSSR count). The van der Waals surface area contributed by atoms with Crippen molar-refractivity contribution in [2.24, 2.45) is 0 Å². The van der Waals surface area contributed by atoms with Gasteiger partial charge in [-0.2, -0.15) is 13.2 Å². The lowest BCUT2D eigenvalue weighted by atomic mass is 10.2. The topological polar surface area (TPSA) is 26.3 Å². The van der Waals surface area contributed by atoms with Crippen LogP contribution in [0, 0.1) is 0 Å². The van der Waals surface area contributed by atoms with Crippen LogP contribution in [0.2, 0.25) is 0 Å². The van der Waals surface area contributed by atoms with Gasteiger partial charge in [-0.1, -0.05) is 0 Å². The number of hydrogen-bond donors (Lipinski definition) is 0. The molecular formula is C10H9F3O2S. The maximum Gasteiger partial charge on any atom is 0.416 e. The largest absolute Gasteiger partial charge is 0.416 e. The summed E-state index contributed by atoms with van der Waals surface area (Å²) < 4.78 is 53.5. The van der Waals surface area contributed by atoms with Gasteiger partial charge in [0.05, 0.1) is 23.0 Å². The number of hydrogen-bond acceptors (Lipinski definition) is 2. The van der Waals surface area contributed by atoms with E-state index in [1.165, 1.54) is 12.1 Å². The van der Waals surface area contributed by atoms with Crippen molar-refractivity contribution in [2.45, 2.75) is 22.9 Å². The van der Waals surface area contributed by atoms with Gasteiger partial charge in [-0.3, -0.25) is 4.21 Å². The predicted octanol–water partition coefficient (Wildman–Crippen LogP) is 2.56. The highest BCUT2D eigenvalue weighted by molar-refractivity contribution is 7.85. The Balaban J connectivity index is 2.15. The molecule has 88 valence electrons. The monoisotopic (exact) mass is 250 g/mol. The quantitative estimate of drug-likeness (QED) is 0.806. The Morgan fingerprint density at radius 3 is 2.19 bits per heavy atom. The molecule has 16 heavy (non-hydrogen) atoms. The first kappa shape index (κ1) is 11.6. The molecule has 0 radical (unpaired) electrons. The van der Waals surface area contributed by atoms with Gasteiger partial charge in [-0.05, 0) is 24.3 Å². The van der Waals surface area contributed by atoms with Gasteiger partial charge >= 0.3 is 6.18 Å². The molecule has 1 aliphatic rings. The van der Waals surface area contributed by atoms with Crippen LogP contribution in [0.3, 0.4) is 0 Å². The molecule has 0 spiro atoms. The average Bonchev–Trinajstić information content (AvgIpc) is 2.14. The molecule has 1 aliphatic heterocycles. The number of halogens is 3. The first-order valence-corrected chi connectivity index (χ1v) is 5.89. The lowest BCUT2D eigenvalue weighted by molar-refractivity contribution is -0.137. The van der Waals surface area contributed by atoms with E-state index in [1.54, 1.807) is 0 Å². The van der Waals surface area contributed by atoms with E-state index in [0.717, 1.165) is 12.1 Å². The van der Waals surface area contributed by atoms with Gasteiger partial charge in [0.15, 0.2) is 0 Å². The molecule has 0 amide bonds. The van der Waals surface area contributed by atoms with Crippen LogP contribution in [0.5, 0.6) is 0 Å². The number of rotatable bonds is 2. The smallest absolute Gasteiger partial charge is 0.364 e. The Bertz CT molecular complexity index is 396. The zero-order valence-electron chi connectivity index (χ0n) is 8.16. The summed E-state index contributed by atoms with van der Waals surface area (Å²) >= 11 is 0. The van der Waals surface area contributed by atoms with Crippen LogP contribution < -0.4 is 0 Å².